The smallest absolute Gasteiger partial charge is 0.391 e. The molecule has 0 radical (unpaired) electrons. The molecule has 1 aromatic carbocycles. The molecule has 0 aliphatic rings. The number of hydrogen-bond donors (Lipinski definition) is 2. The molecule has 7 heteroatoms. The Morgan fingerprint density at radius 2 is 2.15 bits per heavy atom. The molecule has 0 saturated heterocycles. The van der Waals surface area contributed by atoms with Crippen molar-refractivity contribution in [3.8, 4) is 5.75 Å². The number of nitrogens with two attached hydrogens (primary N) is 1. The second-order valence-electron chi connectivity index (χ2n) is 4.46. The van der Waals surface area contributed by atoms with Crippen molar-refractivity contribution in [3.05, 3.63) is 24.3 Å². The maximum Gasteiger partial charge on any atom is 0.391 e. The third-order valence-electron chi connectivity index (χ3n) is 2.40. The number of ether oxygens (including phenoxy) is 1. The maximum absolute atomic E-state index is 12.1. The van der Waals surface area contributed by atoms with Gasteiger partial charge in [-0.1, -0.05) is 6.07 Å². The first-order chi connectivity index (χ1) is 9.26. The number of nitrogens with one attached hydrogen (secondary N) is 1. The molecule has 0 heterocycles. The highest BCUT2D eigenvalue weighted by Crippen LogP contribution is 2.21. The molecular formula is C13H17F3N2O2. The van der Waals surface area contributed by atoms with Crippen molar-refractivity contribution < 1.29 is 22.7 Å². The van der Waals surface area contributed by atoms with Crippen LogP contribution in [0, 0.1) is 0 Å². The number of alkyl halides is 3. The molecule has 112 valence electrons. The highest BCUT2D eigenvalue weighted by molar-refractivity contribution is 5.76. The van der Waals surface area contributed by atoms with E-state index in [0.29, 0.717) is 11.4 Å². The Kier molecular flexibility index (Phi) is 5.66. The van der Waals surface area contributed by atoms with Crippen molar-refractivity contribution >= 4 is 11.6 Å². The number of hydrogen-bond acceptors (Lipinski definition) is 3. The van der Waals surface area contributed by atoms with E-state index in [0.717, 1.165) is 0 Å². The summed E-state index contributed by atoms with van der Waals surface area (Å²) in [5.74, 6) is 0.0341. The molecule has 0 bridgehead atoms. The molecule has 0 fully saturated rings. The van der Waals surface area contributed by atoms with Crippen LogP contribution in [0.15, 0.2) is 24.3 Å². The minimum absolute atomic E-state index is 0.0169. The van der Waals surface area contributed by atoms with Crippen molar-refractivity contribution in [2.24, 2.45) is 0 Å². The summed E-state index contributed by atoms with van der Waals surface area (Å²) in [4.78, 5) is 11.4. The van der Waals surface area contributed by atoms with Crippen LogP contribution in [0.3, 0.4) is 0 Å². The number of carbonyl (C=O) groups is 1. The average Bonchev–Trinajstić information content (AvgIpc) is 2.25. The van der Waals surface area contributed by atoms with Gasteiger partial charge in [-0.15, -0.1) is 0 Å². The SMILES string of the molecule is CC(CC(F)(F)F)NC(=O)CCOc1cccc(N)c1. The fourth-order valence-electron chi connectivity index (χ4n) is 1.61. The van der Waals surface area contributed by atoms with Crippen LogP contribution >= 0.6 is 0 Å². The van der Waals surface area contributed by atoms with Crippen LogP contribution in [-0.2, 0) is 4.79 Å². The van der Waals surface area contributed by atoms with E-state index in [9.17, 15) is 18.0 Å². The van der Waals surface area contributed by atoms with Crippen LogP contribution in [0.4, 0.5) is 18.9 Å². The minimum Gasteiger partial charge on any atom is -0.493 e. The number of benzene rings is 1. The molecule has 1 rings (SSSR count). The summed E-state index contributed by atoms with van der Waals surface area (Å²) in [5.41, 5.74) is 6.08. The first kappa shape index (κ1) is 16.1. The van der Waals surface area contributed by atoms with E-state index in [4.69, 9.17) is 10.5 Å². The highest BCUT2D eigenvalue weighted by Gasteiger charge is 2.30. The standard InChI is InChI=1S/C13H17F3N2O2/c1-9(8-13(14,15)16)18-12(19)5-6-20-11-4-2-3-10(17)7-11/h2-4,7,9H,5-6,8,17H2,1H3,(H,18,19). The van der Waals surface area contributed by atoms with Gasteiger partial charge in [0.15, 0.2) is 0 Å². The van der Waals surface area contributed by atoms with Crippen molar-refractivity contribution in [2.75, 3.05) is 12.3 Å². The van der Waals surface area contributed by atoms with E-state index < -0.39 is 24.5 Å². The number of anilines is 1. The lowest BCUT2D eigenvalue weighted by atomic mass is 10.2. The third kappa shape index (κ3) is 6.86. The fourth-order valence-corrected chi connectivity index (χ4v) is 1.61. The highest BCUT2D eigenvalue weighted by atomic mass is 19.4. The summed E-state index contributed by atoms with van der Waals surface area (Å²) in [6, 6.07) is 5.73. The topological polar surface area (TPSA) is 64.3 Å². The zero-order valence-corrected chi connectivity index (χ0v) is 11.0. The number of carbonyl (C=O) groups excluding carboxylic acids is 1. The number of rotatable bonds is 6. The molecule has 3 N–H and O–H groups in total. The lowest BCUT2D eigenvalue weighted by Gasteiger charge is -2.15. The maximum atomic E-state index is 12.1. The summed E-state index contributed by atoms with van der Waals surface area (Å²) in [6.07, 6.45) is -5.35. The van der Waals surface area contributed by atoms with Crippen molar-refractivity contribution in [2.45, 2.75) is 32.0 Å². The number of nitrogen functional groups attached to an aromatic ring is 1. The zero-order chi connectivity index (χ0) is 15.2. The largest absolute Gasteiger partial charge is 0.493 e. The van der Waals surface area contributed by atoms with E-state index in [1.54, 1.807) is 24.3 Å². The van der Waals surface area contributed by atoms with Gasteiger partial charge in [0.2, 0.25) is 5.91 Å². The van der Waals surface area contributed by atoms with Gasteiger partial charge in [-0.05, 0) is 19.1 Å². The van der Waals surface area contributed by atoms with Gasteiger partial charge < -0.3 is 15.8 Å². The molecule has 0 saturated carbocycles. The van der Waals surface area contributed by atoms with Gasteiger partial charge in [0.1, 0.15) is 5.75 Å². The Labute approximate surface area is 115 Å². The fraction of sp³-hybridized carbons (Fsp3) is 0.462. The molecule has 20 heavy (non-hydrogen) atoms. The molecule has 0 aromatic heterocycles. The van der Waals surface area contributed by atoms with Crippen LogP contribution in [0.2, 0.25) is 0 Å². The zero-order valence-electron chi connectivity index (χ0n) is 11.0. The van der Waals surface area contributed by atoms with Gasteiger partial charge in [0.05, 0.1) is 19.4 Å². The minimum atomic E-state index is -4.29. The molecule has 4 nitrogen and oxygen atoms in total. The molecule has 1 atom stereocenters. The van der Waals surface area contributed by atoms with E-state index in [1.165, 1.54) is 6.92 Å². The third-order valence-corrected chi connectivity index (χ3v) is 2.40. The average molecular weight is 290 g/mol. The molecular weight excluding hydrogens is 273 g/mol. The van der Waals surface area contributed by atoms with E-state index in [-0.39, 0.29) is 13.0 Å². The number of amides is 1. The Bertz CT molecular complexity index is 449. The van der Waals surface area contributed by atoms with Crippen molar-refractivity contribution in [1.29, 1.82) is 0 Å². The first-order valence-electron chi connectivity index (χ1n) is 6.11. The second-order valence-corrected chi connectivity index (χ2v) is 4.46. The lowest BCUT2D eigenvalue weighted by Crippen LogP contribution is -2.36. The molecule has 1 amide bonds. The van der Waals surface area contributed by atoms with Gasteiger partial charge in [0.25, 0.3) is 0 Å². The van der Waals surface area contributed by atoms with E-state index in [2.05, 4.69) is 5.32 Å². The Hall–Kier alpha value is -1.92. The van der Waals surface area contributed by atoms with Crippen molar-refractivity contribution in [3.63, 3.8) is 0 Å². The predicted molar refractivity (Wildman–Crippen MR) is 69.2 cm³/mol. The van der Waals surface area contributed by atoms with Crippen LogP contribution in [0.25, 0.3) is 0 Å². The molecule has 0 aliphatic carbocycles. The number of halogens is 3. The van der Waals surface area contributed by atoms with Crippen molar-refractivity contribution in [1.82, 2.24) is 5.32 Å². The summed E-state index contributed by atoms with van der Waals surface area (Å²) in [7, 11) is 0. The molecule has 0 spiro atoms. The monoisotopic (exact) mass is 290 g/mol. The summed E-state index contributed by atoms with van der Waals surface area (Å²) < 4.78 is 41.5. The quantitative estimate of drug-likeness (QED) is 0.791. The summed E-state index contributed by atoms with van der Waals surface area (Å²) in [5, 5.41) is 2.27. The Morgan fingerprint density at radius 3 is 2.75 bits per heavy atom. The van der Waals surface area contributed by atoms with Gasteiger partial charge in [-0.25, -0.2) is 0 Å². The summed E-state index contributed by atoms with van der Waals surface area (Å²) in [6.45, 7) is 1.39. The normalized spacial score (nSPS) is 12.8. The van der Waals surface area contributed by atoms with Crippen LogP contribution in [-0.4, -0.2) is 24.7 Å². The van der Waals surface area contributed by atoms with Crippen LogP contribution in [0.5, 0.6) is 5.75 Å². The first-order valence-corrected chi connectivity index (χ1v) is 6.11. The van der Waals surface area contributed by atoms with E-state index in [1.807, 2.05) is 0 Å². The van der Waals surface area contributed by atoms with Crippen LogP contribution < -0.4 is 15.8 Å². The molecule has 0 aliphatic heterocycles. The summed E-state index contributed by atoms with van der Waals surface area (Å²) >= 11 is 0. The van der Waals surface area contributed by atoms with E-state index >= 15 is 0 Å². The molecule has 1 unspecified atom stereocenters. The Balaban J connectivity index is 2.26. The van der Waals surface area contributed by atoms with Gasteiger partial charge in [0, 0.05) is 17.8 Å². The second kappa shape index (κ2) is 7.02. The van der Waals surface area contributed by atoms with Crippen LogP contribution in [0.1, 0.15) is 19.8 Å². The van der Waals surface area contributed by atoms with Gasteiger partial charge in [-0.3, -0.25) is 4.79 Å². The lowest BCUT2D eigenvalue weighted by molar-refractivity contribution is -0.141. The van der Waals surface area contributed by atoms with Gasteiger partial charge in [-0.2, -0.15) is 13.2 Å². The molecule has 1 aromatic rings. The Morgan fingerprint density at radius 1 is 1.45 bits per heavy atom. The predicted octanol–water partition coefficient (Wildman–Crippen LogP) is 2.49. The van der Waals surface area contributed by atoms with Gasteiger partial charge >= 0.3 is 6.18 Å².